The monoisotopic (exact) mass is 206 g/mol. The largest absolute Gasteiger partial charge is 0.346 e. The van der Waals surface area contributed by atoms with Crippen LogP contribution >= 0.6 is 0 Å². The van der Waals surface area contributed by atoms with E-state index < -0.39 is 5.79 Å². The second kappa shape index (κ2) is 3.62. The molecule has 0 aliphatic carbocycles. The van der Waals surface area contributed by atoms with Gasteiger partial charge in [-0.3, -0.25) is 0 Å². The van der Waals surface area contributed by atoms with Crippen molar-refractivity contribution in [2.24, 2.45) is 0 Å². The highest BCUT2D eigenvalue weighted by atomic mass is 16.7. The van der Waals surface area contributed by atoms with Gasteiger partial charge in [0.2, 0.25) is 0 Å². The average Bonchev–Trinajstić information content (AvgIpc) is 2.17. The molecule has 0 aromatic heterocycles. The van der Waals surface area contributed by atoms with Gasteiger partial charge in [-0.1, -0.05) is 30.3 Å². The Balaban J connectivity index is 2.27. The molecular weight excluding hydrogens is 188 g/mol. The van der Waals surface area contributed by atoms with Crippen LogP contribution in [0.4, 0.5) is 0 Å². The van der Waals surface area contributed by atoms with Crippen molar-refractivity contribution in [3.63, 3.8) is 0 Å². The fourth-order valence-electron chi connectivity index (χ4n) is 1.98. The van der Waals surface area contributed by atoms with E-state index >= 15 is 0 Å². The topological polar surface area (TPSA) is 18.5 Å². The predicted molar refractivity (Wildman–Crippen MR) is 59.5 cm³/mol. The molecule has 1 aromatic rings. The number of benzene rings is 1. The summed E-state index contributed by atoms with van der Waals surface area (Å²) < 4.78 is 11.8. The Morgan fingerprint density at radius 2 is 1.73 bits per heavy atom. The van der Waals surface area contributed by atoms with Crippen LogP contribution in [0.2, 0.25) is 0 Å². The van der Waals surface area contributed by atoms with Crippen LogP contribution in [0.5, 0.6) is 0 Å². The molecule has 1 saturated heterocycles. The summed E-state index contributed by atoms with van der Waals surface area (Å²) >= 11 is 0. The summed E-state index contributed by atoms with van der Waals surface area (Å²) in [5.41, 5.74) is 0.973. The van der Waals surface area contributed by atoms with Crippen molar-refractivity contribution in [3.8, 4) is 0 Å². The molecule has 0 radical (unpaired) electrons. The molecule has 1 heterocycles. The van der Waals surface area contributed by atoms with Crippen molar-refractivity contribution in [2.45, 2.75) is 38.6 Å². The Morgan fingerprint density at radius 1 is 1.07 bits per heavy atom. The first-order valence-corrected chi connectivity index (χ1v) is 5.42. The molecule has 1 atom stereocenters. The quantitative estimate of drug-likeness (QED) is 0.703. The first kappa shape index (κ1) is 10.7. The van der Waals surface area contributed by atoms with Gasteiger partial charge in [0.25, 0.3) is 0 Å². The van der Waals surface area contributed by atoms with Gasteiger partial charge < -0.3 is 9.47 Å². The number of hydrogen-bond donors (Lipinski definition) is 0. The Hall–Kier alpha value is -0.860. The molecule has 1 unspecified atom stereocenters. The predicted octanol–water partition coefficient (Wildman–Crippen LogP) is 3.07. The van der Waals surface area contributed by atoms with Crippen molar-refractivity contribution in [2.75, 3.05) is 6.61 Å². The third-order valence-corrected chi connectivity index (χ3v) is 2.85. The van der Waals surface area contributed by atoms with E-state index in [9.17, 15) is 0 Å². The van der Waals surface area contributed by atoms with E-state index in [1.807, 2.05) is 37.3 Å². The SMILES string of the molecule is CC1(C)CCOC(C)(c2ccccc2)O1. The molecular formula is C13H18O2. The van der Waals surface area contributed by atoms with Crippen LogP contribution in [0.25, 0.3) is 0 Å². The van der Waals surface area contributed by atoms with Crippen molar-refractivity contribution in [1.29, 1.82) is 0 Å². The van der Waals surface area contributed by atoms with Gasteiger partial charge in [-0.15, -0.1) is 0 Å². The Morgan fingerprint density at radius 3 is 2.33 bits per heavy atom. The van der Waals surface area contributed by atoms with Crippen LogP contribution in [0.1, 0.15) is 32.8 Å². The zero-order valence-electron chi connectivity index (χ0n) is 9.62. The molecule has 2 nitrogen and oxygen atoms in total. The first-order valence-electron chi connectivity index (χ1n) is 5.42. The van der Waals surface area contributed by atoms with Gasteiger partial charge in [0.15, 0.2) is 5.79 Å². The summed E-state index contributed by atoms with van der Waals surface area (Å²) in [6, 6.07) is 10.1. The summed E-state index contributed by atoms with van der Waals surface area (Å²) in [4.78, 5) is 0. The molecule has 1 aromatic carbocycles. The summed E-state index contributed by atoms with van der Waals surface area (Å²) in [6.07, 6.45) is 0.940. The molecule has 0 spiro atoms. The second-order valence-corrected chi connectivity index (χ2v) is 4.77. The molecule has 1 fully saturated rings. The van der Waals surface area contributed by atoms with E-state index in [0.29, 0.717) is 0 Å². The maximum absolute atomic E-state index is 6.03. The summed E-state index contributed by atoms with van der Waals surface area (Å²) in [7, 11) is 0. The normalized spacial score (nSPS) is 30.1. The molecule has 1 aliphatic heterocycles. The lowest BCUT2D eigenvalue weighted by Crippen LogP contribution is -2.45. The van der Waals surface area contributed by atoms with E-state index in [1.54, 1.807) is 0 Å². The van der Waals surface area contributed by atoms with Crippen molar-refractivity contribution in [3.05, 3.63) is 35.9 Å². The van der Waals surface area contributed by atoms with Crippen LogP contribution in [-0.4, -0.2) is 12.2 Å². The fraction of sp³-hybridized carbons (Fsp3) is 0.538. The molecule has 0 N–H and O–H groups in total. The maximum Gasteiger partial charge on any atom is 0.192 e. The van der Waals surface area contributed by atoms with Gasteiger partial charge in [-0.05, 0) is 27.2 Å². The Kier molecular flexibility index (Phi) is 2.57. The van der Waals surface area contributed by atoms with Crippen LogP contribution in [0.3, 0.4) is 0 Å². The van der Waals surface area contributed by atoms with Gasteiger partial charge in [0.1, 0.15) is 0 Å². The van der Waals surface area contributed by atoms with Gasteiger partial charge >= 0.3 is 0 Å². The first-order chi connectivity index (χ1) is 7.02. The molecule has 82 valence electrons. The lowest BCUT2D eigenvalue weighted by molar-refractivity contribution is -0.319. The molecule has 0 amide bonds. The van der Waals surface area contributed by atoms with Gasteiger partial charge in [0, 0.05) is 5.56 Å². The van der Waals surface area contributed by atoms with E-state index in [1.165, 1.54) is 0 Å². The lowest BCUT2D eigenvalue weighted by Gasteiger charge is -2.43. The summed E-state index contributed by atoms with van der Waals surface area (Å²) in [6.45, 7) is 6.95. The molecule has 2 heteroatoms. The van der Waals surface area contributed by atoms with E-state index in [0.717, 1.165) is 18.6 Å². The second-order valence-electron chi connectivity index (χ2n) is 4.77. The fourth-order valence-corrected chi connectivity index (χ4v) is 1.98. The Bertz CT molecular complexity index is 332. The standard InChI is InChI=1S/C13H18O2/c1-12(2)9-10-14-13(3,15-12)11-7-5-4-6-8-11/h4-8H,9-10H2,1-3H3. The smallest absolute Gasteiger partial charge is 0.192 e. The van der Waals surface area contributed by atoms with Crippen LogP contribution in [-0.2, 0) is 15.3 Å². The maximum atomic E-state index is 6.03. The van der Waals surface area contributed by atoms with Crippen molar-refractivity contribution < 1.29 is 9.47 Å². The highest BCUT2D eigenvalue weighted by molar-refractivity contribution is 5.20. The minimum absolute atomic E-state index is 0.108. The summed E-state index contributed by atoms with van der Waals surface area (Å²) in [5.74, 6) is -0.594. The van der Waals surface area contributed by atoms with E-state index in [4.69, 9.17) is 9.47 Å². The van der Waals surface area contributed by atoms with Crippen molar-refractivity contribution in [1.82, 2.24) is 0 Å². The van der Waals surface area contributed by atoms with Gasteiger partial charge in [0.05, 0.1) is 12.2 Å². The Labute approximate surface area is 91.2 Å². The third kappa shape index (κ3) is 2.21. The van der Waals surface area contributed by atoms with Gasteiger partial charge in [-0.2, -0.15) is 0 Å². The highest BCUT2D eigenvalue weighted by Crippen LogP contribution is 2.37. The molecule has 0 saturated carbocycles. The average molecular weight is 206 g/mol. The third-order valence-electron chi connectivity index (χ3n) is 2.85. The van der Waals surface area contributed by atoms with E-state index in [2.05, 4.69) is 13.8 Å². The molecule has 2 rings (SSSR count). The number of hydrogen-bond acceptors (Lipinski definition) is 2. The minimum atomic E-state index is -0.594. The molecule has 1 aliphatic rings. The highest BCUT2D eigenvalue weighted by Gasteiger charge is 2.39. The zero-order valence-corrected chi connectivity index (χ0v) is 9.62. The minimum Gasteiger partial charge on any atom is -0.346 e. The summed E-state index contributed by atoms with van der Waals surface area (Å²) in [5, 5.41) is 0. The lowest BCUT2D eigenvalue weighted by atomic mass is 10.00. The molecule has 0 bridgehead atoms. The van der Waals surface area contributed by atoms with Crippen molar-refractivity contribution >= 4 is 0 Å². The number of rotatable bonds is 1. The number of ether oxygens (including phenoxy) is 2. The van der Waals surface area contributed by atoms with E-state index in [-0.39, 0.29) is 5.60 Å². The molecule has 15 heavy (non-hydrogen) atoms. The van der Waals surface area contributed by atoms with Crippen LogP contribution in [0.15, 0.2) is 30.3 Å². The zero-order chi connectivity index (χ0) is 10.9. The van der Waals surface area contributed by atoms with Gasteiger partial charge in [-0.25, -0.2) is 0 Å². The van der Waals surface area contributed by atoms with Crippen LogP contribution < -0.4 is 0 Å². The van der Waals surface area contributed by atoms with Crippen LogP contribution in [0, 0.1) is 0 Å².